The monoisotopic (exact) mass is 475 g/mol. The molecule has 2 N–H and O–H groups in total. The Morgan fingerprint density at radius 3 is 2.45 bits per heavy atom. The molecule has 1 aromatic heterocycles. The molecule has 0 bridgehead atoms. The molecule has 3 rings (SSSR count). The highest BCUT2D eigenvalue weighted by atomic mass is 35.5. The van der Waals surface area contributed by atoms with Gasteiger partial charge in [0.1, 0.15) is 0 Å². The van der Waals surface area contributed by atoms with E-state index in [0.717, 1.165) is 41.9 Å². The highest BCUT2D eigenvalue weighted by Gasteiger charge is 2.28. The minimum Gasteiger partial charge on any atom is -0.477 e. The smallest absolute Gasteiger partial charge is 0.251 e. The Hall–Kier alpha value is -2.25. The van der Waals surface area contributed by atoms with E-state index in [9.17, 15) is 4.79 Å². The summed E-state index contributed by atoms with van der Waals surface area (Å²) in [6.45, 7) is 9.76. The molecule has 1 aliphatic rings. The van der Waals surface area contributed by atoms with E-state index in [-0.39, 0.29) is 5.91 Å². The van der Waals surface area contributed by atoms with Gasteiger partial charge in [0.05, 0.1) is 18.7 Å². The maximum Gasteiger partial charge on any atom is 0.251 e. The number of ether oxygens (including phenoxy) is 1. The molecule has 1 aromatic carbocycles. The normalized spacial score (nSPS) is 18.4. The van der Waals surface area contributed by atoms with Crippen LogP contribution < -0.4 is 15.0 Å². The van der Waals surface area contributed by atoms with Crippen LogP contribution in [0.2, 0.25) is 5.02 Å². The van der Waals surface area contributed by atoms with Crippen LogP contribution in [0.5, 0.6) is 5.88 Å². The van der Waals surface area contributed by atoms with Crippen molar-refractivity contribution in [2.24, 2.45) is 0 Å². The van der Waals surface area contributed by atoms with Crippen molar-refractivity contribution >= 4 is 23.2 Å². The molecule has 0 aliphatic heterocycles. The molecule has 7 nitrogen and oxygen atoms in total. The Bertz CT molecular complexity index is 951. The standard InChI is InChI=1S/C25H38ClN5O2/c1-7-31(20-11-9-19(10-12-20)30(5)6)23-14-18(26)13-21(16(23)3)24(32)27-15-22-17(4)28-29-25(22)33-8-2/h13-14,19-20H,7-12,15H2,1-6H3,(H,27,32)(H,28,29). The van der Waals surface area contributed by atoms with Gasteiger partial charge in [-0.2, -0.15) is 0 Å². The van der Waals surface area contributed by atoms with Gasteiger partial charge in [-0.1, -0.05) is 11.6 Å². The molecule has 8 heteroatoms. The Kier molecular flexibility index (Phi) is 8.65. The third-order valence-electron chi connectivity index (χ3n) is 6.82. The third-order valence-corrected chi connectivity index (χ3v) is 7.04. The van der Waals surface area contributed by atoms with Gasteiger partial charge in [0.25, 0.3) is 5.91 Å². The largest absolute Gasteiger partial charge is 0.477 e. The predicted molar refractivity (Wildman–Crippen MR) is 135 cm³/mol. The molecule has 0 atom stereocenters. The molecule has 0 unspecified atom stereocenters. The summed E-state index contributed by atoms with van der Waals surface area (Å²) in [5.74, 6) is 0.385. The first-order valence-electron chi connectivity index (χ1n) is 11.9. The van der Waals surface area contributed by atoms with E-state index in [1.807, 2.05) is 26.8 Å². The summed E-state index contributed by atoms with van der Waals surface area (Å²) < 4.78 is 5.57. The number of H-pyrrole nitrogens is 1. The second-order valence-corrected chi connectivity index (χ2v) is 9.49. The number of rotatable bonds is 9. The van der Waals surface area contributed by atoms with E-state index in [2.05, 4.69) is 46.3 Å². The van der Waals surface area contributed by atoms with Crippen molar-refractivity contribution in [3.05, 3.63) is 39.5 Å². The maximum atomic E-state index is 13.2. The molecule has 1 aliphatic carbocycles. The molecule has 0 saturated heterocycles. The predicted octanol–water partition coefficient (Wildman–Crippen LogP) is 4.71. The summed E-state index contributed by atoms with van der Waals surface area (Å²) >= 11 is 6.51. The van der Waals surface area contributed by atoms with Crippen LogP contribution >= 0.6 is 11.6 Å². The van der Waals surface area contributed by atoms with Crippen LogP contribution in [0.4, 0.5) is 5.69 Å². The van der Waals surface area contributed by atoms with E-state index >= 15 is 0 Å². The number of aryl methyl sites for hydroxylation is 1. The Morgan fingerprint density at radius 1 is 1.18 bits per heavy atom. The highest BCUT2D eigenvalue weighted by Crippen LogP contribution is 2.34. The summed E-state index contributed by atoms with van der Waals surface area (Å²) in [4.78, 5) is 17.9. The summed E-state index contributed by atoms with van der Waals surface area (Å²) in [7, 11) is 4.33. The Morgan fingerprint density at radius 2 is 1.85 bits per heavy atom. The fraction of sp³-hybridized carbons (Fsp3) is 0.600. The van der Waals surface area contributed by atoms with Crippen molar-refractivity contribution in [1.29, 1.82) is 0 Å². The number of aromatic nitrogens is 2. The maximum absolute atomic E-state index is 13.2. The van der Waals surface area contributed by atoms with Crippen molar-refractivity contribution in [2.45, 2.75) is 72.0 Å². The fourth-order valence-corrected chi connectivity index (χ4v) is 5.08. The Labute approximate surface area is 202 Å². The van der Waals surface area contributed by atoms with E-state index in [4.69, 9.17) is 16.3 Å². The molecular formula is C25H38ClN5O2. The molecule has 1 saturated carbocycles. The van der Waals surface area contributed by atoms with Crippen molar-refractivity contribution < 1.29 is 9.53 Å². The van der Waals surface area contributed by atoms with Crippen LogP contribution in [-0.2, 0) is 6.54 Å². The van der Waals surface area contributed by atoms with Crippen LogP contribution in [0.3, 0.4) is 0 Å². The average molecular weight is 476 g/mol. The van der Waals surface area contributed by atoms with Gasteiger partial charge in [-0.25, -0.2) is 0 Å². The van der Waals surface area contributed by atoms with E-state index < -0.39 is 0 Å². The van der Waals surface area contributed by atoms with Gasteiger partial charge in [-0.15, -0.1) is 5.10 Å². The van der Waals surface area contributed by atoms with Crippen LogP contribution in [0.15, 0.2) is 12.1 Å². The van der Waals surface area contributed by atoms with Crippen LogP contribution in [0, 0.1) is 13.8 Å². The molecule has 33 heavy (non-hydrogen) atoms. The van der Waals surface area contributed by atoms with Crippen LogP contribution in [0.1, 0.15) is 66.7 Å². The van der Waals surface area contributed by atoms with Gasteiger partial charge in [-0.05, 0) is 85.2 Å². The zero-order valence-corrected chi connectivity index (χ0v) is 21.6. The van der Waals surface area contributed by atoms with Crippen molar-refractivity contribution in [1.82, 2.24) is 20.4 Å². The number of aromatic amines is 1. The number of nitrogens with one attached hydrogen (secondary N) is 2. The average Bonchev–Trinajstić information content (AvgIpc) is 3.14. The quantitative estimate of drug-likeness (QED) is 0.549. The van der Waals surface area contributed by atoms with Gasteiger partial charge >= 0.3 is 0 Å². The topological polar surface area (TPSA) is 73.5 Å². The number of halogens is 1. The zero-order chi connectivity index (χ0) is 24.1. The number of hydrogen-bond donors (Lipinski definition) is 2. The van der Waals surface area contributed by atoms with Gasteiger partial charge < -0.3 is 19.9 Å². The van der Waals surface area contributed by atoms with Gasteiger partial charge in [0.15, 0.2) is 0 Å². The molecule has 1 amide bonds. The number of carbonyl (C=O) groups is 1. The number of hydrogen-bond acceptors (Lipinski definition) is 5. The van der Waals surface area contributed by atoms with Gasteiger partial charge in [0, 0.05) is 40.6 Å². The number of anilines is 1. The van der Waals surface area contributed by atoms with E-state index in [1.54, 1.807) is 6.07 Å². The van der Waals surface area contributed by atoms with Crippen LogP contribution in [-0.4, -0.2) is 60.3 Å². The SMILES string of the molecule is CCOc1n[nH]c(C)c1CNC(=O)c1cc(Cl)cc(N(CC)C2CCC(N(C)C)CC2)c1C. The number of amides is 1. The van der Waals surface area contributed by atoms with Gasteiger partial charge in [0.2, 0.25) is 5.88 Å². The lowest BCUT2D eigenvalue weighted by Crippen LogP contribution is -2.42. The molecule has 182 valence electrons. The summed E-state index contributed by atoms with van der Waals surface area (Å²) in [6, 6.07) is 4.87. The minimum atomic E-state index is -0.147. The fourth-order valence-electron chi connectivity index (χ4n) is 4.87. The first-order valence-corrected chi connectivity index (χ1v) is 12.3. The molecular weight excluding hydrogens is 438 g/mol. The lowest BCUT2D eigenvalue weighted by molar-refractivity contribution is 0.0950. The minimum absolute atomic E-state index is 0.147. The molecule has 0 spiro atoms. The Balaban J connectivity index is 1.78. The first-order chi connectivity index (χ1) is 15.8. The summed E-state index contributed by atoms with van der Waals surface area (Å²) in [5, 5.41) is 10.7. The van der Waals surface area contributed by atoms with Crippen molar-refractivity contribution in [3.8, 4) is 5.88 Å². The third kappa shape index (κ3) is 5.82. The number of benzene rings is 1. The highest BCUT2D eigenvalue weighted by molar-refractivity contribution is 6.31. The summed E-state index contributed by atoms with van der Waals surface area (Å²) in [6.07, 6.45) is 4.66. The van der Waals surface area contributed by atoms with Crippen LogP contribution in [0.25, 0.3) is 0 Å². The number of carbonyl (C=O) groups excluding carboxylic acids is 1. The second-order valence-electron chi connectivity index (χ2n) is 9.06. The van der Waals surface area contributed by atoms with Crippen molar-refractivity contribution in [3.63, 3.8) is 0 Å². The molecule has 1 fully saturated rings. The van der Waals surface area contributed by atoms with E-state index in [1.165, 1.54) is 12.8 Å². The lowest BCUT2D eigenvalue weighted by atomic mass is 9.89. The van der Waals surface area contributed by atoms with Crippen molar-refractivity contribution in [2.75, 3.05) is 32.1 Å². The van der Waals surface area contributed by atoms with Gasteiger partial charge in [-0.3, -0.25) is 9.89 Å². The first kappa shape index (κ1) is 25.4. The zero-order valence-electron chi connectivity index (χ0n) is 20.8. The molecule has 2 aromatic rings. The molecule has 1 heterocycles. The molecule has 0 radical (unpaired) electrons. The summed E-state index contributed by atoms with van der Waals surface area (Å²) in [5.41, 5.74) is 4.36. The second kappa shape index (κ2) is 11.3. The lowest BCUT2D eigenvalue weighted by Gasteiger charge is -2.40. The number of nitrogens with zero attached hydrogens (tertiary/aromatic N) is 3. The van der Waals surface area contributed by atoms with E-state index in [0.29, 0.717) is 41.7 Å².